The van der Waals surface area contributed by atoms with Gasteiger partial charge < -0.3 is 24.1 Å². The van der Waals surface area contributed by atoms with Crippen LogP contribution in [0.1, 0.15) is 19.3 Å². The second kappa shape index (κ2) is 11.4. The van der Waals surface area contributed by atoms with Crippen LogP contribution in [0.4, 0.5) is 35.1 Å². The predicted octanol–water partition coefficient (Wildman–Crippen LogP) is 7.37. The quantitative estimate of drug-likeness (QED) is 0.407. The Labute approximate surface area is 196 Å². The first-order valence-corrected chi connectivity index (χ1v) is 9.88. The van der Waals surface area contributed by atoms with Crippen LogP contribution in [-0.4, -0.2) is 30.7 Å². The molecule has 34 heavy (non-hydrogen) atoms. The van der Waals surface area contributed by atoms with Crippen molar-refractivity contribution in [3.8, 4) is 23.0 Å². The number of phenols is 1. The van der Waals surface area contributed by atoms with Crippen LogP contribution in [0.3, 0.4) is 0 Å². The summed E-state index contributed by atoms with van der Waals surface area (Å²) in [5.74, 6) is -5.59. The number of hydrogen-bond acceptors (Lipinski definition) is 5. The van der Waals surface area contributed by atoms with Crippen LogP contribution in [0.2, 0.25) is 10.0 Å². The number of phenolic OH excluding ortho intramolecular Hbond substituents is 1. The number of hydrogen-bond donors (Lipinski definition) is 1. The maximum atomic E-state index is 13.7. The molecule has 1 heterocycles. The van der Waals surface area contributed by atoms with Gasteiger partial charge in [-0.3, -0.25) is 0 Å². The molecule has 5 nitrogen and oxygen atoms in total. The van der Waals surface area contributed by atoms with Gasteiger partial charge >= 0.3 is 12.7 Å². The van der Waals surface area contributed by atoms with E-state index in [1.54, 1.807) is 0 Å². The number of halogens is 10. The molecule has 1 saturated heterocycles. The predicted molar refractivity (Wildman–Crippen MR) is 102 cm³/mol. The molecule has 1 atom stereocenters. The number of benzene rings is 2. The Morgan fingerprint density at radius 1 is 0.794 bits per heavy atom. The van der Waals surface area contributed by atoms with Crippen LogP contribution in [0.15, 0.2) is 24.3 Å². The highest BCUT2D eigenvalue weighted by Gasteiger charge is 2.34. The fourth-order valence-corrected chi connectivity index (χ4v) is 2.84. The summed E-state index contributed by atoms with van der Waals surface area (Å²) in [6.45, 7) is 0.514. The van der Waals surface area contributed by atoms with Crippen LogP contribution >= 0.6 is 23.2 Å². The first-order valence-electron chi connectivity index (χ1n) is 9.12. The lowest BCUT2D eigenvalue weighted by Gasteiger charge is -2.24. The molecule has 190 valence electrons. The summed E-state index contributed by atoms with van der Waals surface area (Å²) in [5.41, 5.74) is 0. The lowest BCUT2D eigenvalue weighted by molar-refractivity contribution is -0.276. The van der Waals surface area contributed by atoms with Gasteiger partial charge in [0.05, 0.1) is 6.61 Å². The van der Waals surface area contributed by atoms with Crippen LogP contribution in [0, 0.1) is 11.6 Å². The topological polar surface area (TPSA) is 57.2 Å². The fourth-order valence-electron chi connectivity index (χ4n) is 2.48. The average molecular weight is 545 g/mol. The maximum Gasteiger partial charge on any atom is 0.573 e. The summed E-state index contributed by atoms with van der Waals surface area (Å²) in [5, 5.41) is 7.43. The Morgan fingerprint density at radius 3 is 1.79 bits per heavy atom. The average Bonchev–Trinajstić information content (AvgIpc) is 2.74. The van der Waals surface area contributed by atoms with Gasteiger partial charge in [-0.25, -0.2) is 8.78 Å². The first-order chi connectivity index (χ1) is 15.7. The van der Waals surface area contributed by atoms with E-state index in [9.17, 15) is 35.1 Å². The molecule has 0 saturated carbocycles. The van der Waals surface area contributed by atoms with Crippen LogP contribution in [-0.2, 0) is 4.74 Å². The molecule has 3 rings (SSSR count). The molecule has 1 N–H and O–H groups in total. The molecule has 0 amide bonds. The zero-order valence-electron chi connectivity index (χ0n) is 16.6. The Morgan fingerprint density at radius 2 is 1.29 bits per heavy atom. The highest BCUT2D eigenvalue weighted by molar-refractivity contribution is 6.32. The van der Waals surface area contributed by atoms with E-state index in [0.29, 0.717) is 19.1 Å². The highest BCUT2D eigenvalue weighted by Crippen LogP contribution is 2.37. The van der Waals surface area contributed by atoms with E-state index in [1.165, 1.54) is 0 Å². The summed E-state index contributed by atoms with van der Waals surface area (Å²) >= 11 is 10.8. The largest absolute Gasteiger partial charge is 0.573 e. The zero-order valence-corrected chi connectivity index (χ0v) is 18.1. The van der Waals surface area contributed by atoms with Gasteiger partial charge in [-0.2, -0.15) is 0 Å². The van der Waals surface area contributed by atoms with E-state index in [0.717, 1.165) is 31.0 Å². The Hall–Kier alpha value is -2.38. The number of aromatic hydroxyl groups is 1. The molecular formula is C19H14Cl2F8O5. The van der Waals surface area contributed by atoms with Crippen molar-refractivity contribution in [1.29, 1.82) is 0 Å². The molecular weight excluding hydrogens is 531 g/mol. The van der Waals surface area contributed by atoms with Gasteiger partial charge in [0.25, 0.3) is 0 Å². The summed E-state index contributed by atoms with van der Waals surface area (Å²) < 4.78 is 115. The van der Waals surface area contributed by atoms with Crippen LogP contribution in [0.25, 0.3) is 0 Å². The second-order valence-electron chi connectivity index (χ2n) is 6.41. The Kier molecular flexibility index (Phi) is 9.31. The lowest BCUT2D eigenvalue weighted by Crippen LogP contribution is -2.25. The van der Waals surface area contributed by atoms with E-state index >= 15 is 0 Å². The highest BCUT2D eigenvalue weighted by atomic mass is 35.5. The van der Waals surface area contributed by atoms with Gasteiger partial charge in [0, 0.05) is 6.42 Å². The van der Waals surface area contributed by atoms with Crippen molar-refractivity contribution in [3.05, 3.63) is 45.9 Å². The number of alkyl halides is 6. The standard InChI is InChI=1S/C12H11ClF4O3.C7H3ClF4O2/c13-10-7(19-9-3-1-2-6-18-9)4-5-8(11(10)14)20-12(15,16)17;8-5-3(13)1-2-4(6(5)9)14-7(10,11)12/h4-5,9H,1-3,6H2;1-2,13H. The van der Waals surface area contributed by atoms with E-state index < -0.39 is 57.9 Å². The van der Waals surface area contributed by atoms with Gasteiger partial charge in [0.1, 0.15) is 21.5 Å². The minimum Gasteiger partial charge on any atom is -0.506 e. The smallest absolute Gasteiger partial charge is 0.506 e. The molecule has 2 aromatic carbocycles. The van der Waals surface area contributed by atoms with E-state index in [1.807, 2.05) is 0 Å². The summed E-state index contributed by atoms with van der Waals surface area (Å²) in [7, 11) is 0. The van der Waals surface area contributed by atoms with Gasteiger partial charge in [0.2, 0.25) is 0 Å². The van der Waals surface area contributed by atoms with Gasteiger partial charge in [-0.1, -0.05) is 23.2 Å². The zero-order chi connectivity index (χ0) is 25.7. The monoisotopic (exact) mass is 544 g/mol. The Bertz CT molecular complexity index is 979. The molecule has 15 heteroatoms. The van der Waals surface area contributed by atoms with Gasteiger partial charge in [-0.15, -0.1) is 26.3 Å². The van der Waals surface area contributed by atoms with Crippen molar-refractivity contribution in [3.63, 3.8) is 0 Å². The summed E-state index contributed by atoms with van der Waals surface area (Å²) in [6.07, 6.45) is -8.16. The molecule has 0 aromatic heterocycles. The number of rotatable bonds is 4. The van der Waals surface area contributed by atoms with Crippen LogP contribution < -0.4 is 14.2 Å². The molecule has 0 aliphatic carbocycles. The van der Waals surface area contributed by atoms with Crippen LogP contribution in [0.5, 0.6) is 23.0 Å². The van der Waals surface area contributed by atoms with Gasteiger partial charge in [0.15, 0.2) is 29.4 Å². The number of ether oxygens (including phenoxy) is 4. The normalized spacial score (nSPS) is 16.4. The molecule has 1 unspecified atom stereocenters. The molecule has 1 aliphatic heterocycles. The molecule has 0 bridgehead atoms. The second-order valence-corrected chi connectivity index (χ2v) is 7.17. The lowest BCUT2D eigenvalue weighted by atomic mass is 10.2. The SMILES string of the molecule is Fc1c(OC(F)(F)F)ccc(OC2CCCCO2)c1Cl.Oc1ccc(OC(F)(F)F)c(F)c1Cl. The minimum atomic E-state index is -5.00. The molecule has 1 aliphatic rings. The fraction of sp³-hybridized carbons (Fsp3) is 0.368. The van der Waals surface area contributed by atoms with Crippen molar-refractivity contribution in [1.82, 2.24) is 0 Å². The first kappa shape index (κ1) is 27.9. The van der Waals surface area contributed by atoms with Crippen molar-refractivity contribution in [2.24, 2.45) is 0 Å². The van der Waals surface area contributed by atoms with Crippen molar-refractivity contribution in [2.45, 2.75) is 38.3 Å². The molecule has 0 radical (unpaired) electrons. The third kappa shape index (κ3) is 8.44. The third-order valence-corrected chi connectivity index (χ3v) is 4.60. The van der Waals surface area contributed by atoms with E-state index in [-0.39, 0.29) is 5.75 Å². The summed E-state index contributed by atoms with van der Waals surface area (Å²) in [4.78, 5) is 0. The van der Waals surface area contributed by atoms with E-state index in [2.05, 4.69) is 9.47 Å². The van der Waals surface area contributed by atoms with Crippen molar-refractivity contribution < 1.29 is 59.2 Å². The molecule has 0 spiro atoms. The molecule has 2 aromatic rings. The maximum absolute atomic E-state index is 13.7. The van der Waals surface area contributed by atoms with Crippen molar-refractivity contribution in [2.75, 3.05) is 6.61 Å². The Balaban J connectivity index is 0.000000257. The minimum absolute atomic E-state index is 0.0782. The summed E-state index contributed by atoms with van der Waals surface area (Å²) in [6, 6.07) is 3.35. The van der Waals surface area contributed by atoms with Crippen molar-refractivity contribution >= 4 is 23.2 Å². The third-order valence-electron chi connectivity index (χ3n) is 3.89. The molecule has 1 fully saturated rings. The van der Waals surface area contributed by atoms with E-state index in [4.69, 9.17) is 37.8 Å². The van der Waals surface area contributed by atoms with Gasteiger partial charge in [-0.05, 0) is 37.1 Å².